The van der Waals surface area contributed by atoms with E-state index in [2.05, 4.69) is 51.0 Å². The monoisotopic (exact) mass is 475 g/mol. The number of hydrogen-bond acceptors (Lipinski definition) is 1. The van der Waals surface area contributed by atoms with Crippen molar-refractivity contribution in [3.8, 4) is 0 Å². The van der Waals surface area contributed by atoms with Crippen LogP contribution in [-0.4, -0.2) is 4.57 Å². The van der Waals surface area contributed by atoms with E-state index in [0.29, 0.717) is 5.75 Å². The summed E-state index contributed by atoms with van der Waals surface area (Å²) in [5.74, 6) is 0.616. The molecule has 4 rings (SSSR count). The number of aromatic nitrogens is 1. The fourth-order valence-corrected chi connectivity index (χ4v) is 4.51. The van der Waals surface area contributed by atoms with E-state index in [1.807, 2.05) is 24.3 Å². The van der Waals surface area contributed by atoms with E-state index in [4.69, 9.17) is 0 Å². The summed E-state index contributed by atoms with van der Waals surface area (Å²) < 4.78 is 41.5. The second-order valence-electron chi connectivity index (χ2n) is 6.75. The molecule has 1 heterocycles. The van der Waals surface area contributed by atoms with Crippen LogP contribution in [0.2, 0.25) is 0 Å². The first kappa shape index (κ1) is 20.1. The van der Waals surface area contributed by atoms with Crippen molar-refractivity contribution >= 4 is 38.6 Å². The molecule has 0 atom stereocenters. The number of fused-ring (bicyclic) bond motifs is 1. The Kier molecular flexibility index (Phi) is 5.74. The minimum atomic E-state index is -4.30. The zero-order valence-corrected chi connectivity index (χ0v) is 17.7. The van der Waals surface area contributed by atoms with Crippen LogP contribution in [0.3, 0.4) is 0 Å². The van der Waals surface area contributed by atoms with Gasteiger partial charge in [-0.1, -0.05) is 58.4 Å². The highest BCUT2D eigenvalue weighted by Crippen LogP contribution is 2.34. The van der Waals surface area contributed by atoms with Gasteiger partial charge in [-0.15, -0.1) is 11.8 Å². The molecule has 1 aromatic heterocycles. The molecule has 29 heavy (non-hydrogen) atoms. The SMILES string of the molecule is FC(F)(F)c1ccc(CSc2cn(Cc3ccc(Br)cc3)c3ccccc23)cc1. The van der Waals surface area contributed by atoms with Crippen molar-refractivity contribution in [1.82, 2.24) is 4.57 Å². The number of hydrogen-bond donors (Lipinski definition) is 0. The van der Waals surface area contributed by atoms with Gasteiger partial charge in [-0.25, -0.2) is 0 Å². The standard InChI is InChI=1S/C23H17BrF3NS/c24-19-11-7-16(8-12-19)13-28-14-22(20-3-1-2-4-21(20)28)29-15-17-5-9-18(10-6-17)23(25,26)27/h1-12,14H,13,15H2. The zero-order chi connectivity index (χ0) is 20.4. The van der Waals surface area contributed by atoms with Crippen LogP contribution < -0.4 is 0 Å². The Morgan fingerprint density at radius 1 is 0.828 bits per heavy atom. The number of benzene rings is 3. The lowest BCUT2D eigenvalue weighted by molar-refractivity contribution is -0.137. The summed E-state index contributed by atoms with van der Waals surface area (Å²) in [6.45, 7) is 0.759. The number of rotatable bonds is 5. The van der Waals surface area contributed by atoms with Gasteiger partial charge in [0.25, 0.3) is 0 Å². The minimum absolute atomic E-state index is 0.614. The predicted octanol–water partition coefficient (Wildman–Crippen LogP) is 7.76. The lowest BCUT2D eigenvalue weighted by Crippen LogP contribution is -2.04. The Hall–Kier alpha value is -2.18. The average molecular weight is 476 g/mol. The normalized spacial score (nSPS) is 11.9. The summed E-state index contributed by atoms with van der Waals surface area (Å²) in [4.78, 5) is 1.12. The molecule has 148 valence electrons. The van der Waals surface area contributed by atoms with Crippen LogP contribution in [0.25, 0.3) is 10.9 Å². The zero-order valence-electron chi connectivity index (χ0n) is 15.3. The fraction of sp³-hybridized carbons (Fsp3) is 0.130. The van der Waals surface area contributed by atoms with Gasteiger partial charge in [0.1, 0.15) is 0 Å². The second-order valence-corrected chi connectivity index (χ2v) is 8.68. The molecule has 0 fully saturated rings. The molecule has 3 aromatic carbocycles. The predicted molar refractivity (Wildman–Crippen MR) is 116 cm³/mol. The molecule has 0 amide bonds. The number of halogens is 4. The van der Waals surface area contributed by atoms with E-state index >= 15 is 0 Å². The average Bonchev–Trinajstić information content (AvgIpc) is 3.05. The van der Waals surface area contributed by atoms with Crippen molar-refractivity contribution in [2.75, 3.05) is 0 Å². The Bertz CT molecular complexity index is 1120. The molecule has 0 saturated heterocycles. The number of thioether (sulfide) groups is 1. The molecule has 4 aromatic rings. The van der Waals surface area contributed by atoms with Crippen LogP contribution in [0.1, 0.15) is 16.7 Å². The Morgan fingerprint density at radius 3 is 2.17 bits per heavy atom. The molecule has 0 bridgehead atoms. The molecule has 0 aliphatic rings. The quantitative estimate of drug-likeness (QED) is 0.267. The third-order valence-corrected chi connectivity index (χ3v) is 6.34. The lowest BCUT2D eigenvalue weighted by atomic mass is 10.1. The van der Waals surface area contributed by atoms with Crippen LogP contribution in [0, 0.1) is 0 Å². The molecule has 0 radical (unpaired) electrons. The smallest absolute Gasteiger partial charge is 0.342 e. The molecule has 0 saturated carbocycles. The number of alkyl halides is 3. The number of nitrogens with zero attached hydrogens (tertiary/aromatic N) is 1. The molecule has 0 spiro atoms. The van der Waals surface area contributed by atoms with Gasteiger partial charge < -0.3 is 4.57 Å². The third kappa shape index (κ3) is 4.70. The topological polar surface area (TPSA) is 4.93 Å². The van der Waals surface area contributed by atoms with Crippen molar-refractivity contribution in [1.29, 1.82) is 0 Å². The van der Waals surface area contributed by atoms with Gasteiger partial charge in [0.15, 0.2) is 0 Å². The fourth-order valence-electron chi connectivity index (χ4n) is 3.20. The molecular weight excluding hydrogens is 459 g/mol. The van der Waals surface area contributed by atoms with Gasteiger partial charge in [0.2, 0.25) is 0 Å². The van der Waals surface area contributed by atoms with Crippen molar-refractivity contribution in [3.63, 3.8) is 0 Å². The Labute approximate surface area is 179 Å². The molecule has 0 unspecified atom stereocenters. The maximum atomic E-state index is 12.7. The highest BCUT2D eigenvalue weighted by molar-refractivity contribution is 9.10. The first-order chi connectivity index (χ1) is 13.9. The van der Waals surface area contributed by atoms with Gasteiger partial charge >= 0.3 is 6.18 Å². The third-order valence-electron chi connectivity index (χ3n) is 4.69. The summed E-state index contributed by atoms with van der Waals surface area (Å²) in [6, 6.07) is 21.8. The van der Waals surface area contributed by atoms with E-state index in [-0.39, 0.29) is 0 Å². The van der Waals surface area contributed by atoms with Gasteiger partial charge in [-0.05, 0) is 41.5 Å². The van der Waals surface area contributed by atoms with E-state index < -0.39 is 11.7 Å². The summed E-state index contributed by atoms with van der Waals surface area (Å²) in [6.07, 6.45) is -2.17. The molecular formula is C23H17BrF3NS. The Balaban J connectivity index is 1.55. The highest BCUT2D eigenvalue weighted by Gasteiger charge is 2.29. The molecule has 6 heteroatoms. The largest absolute Gasteiger partial charge is 0.416 e. The van der Waals surface area contributed by atoms with Crippen LogP contribution in [0.5, 0.6) is 0 Å². The summed E-state index contributed by atoms with van der Waals surface area (Å²) >= 11 is 5.10. The summed E-state index contributed by atoms with van der Waals surface area (Å²) in [5, 5.41) is 1.15. The van der Waals surface area contributed by atoms with Crippen LogP contribution in [0.15, 0.2) is 88.4 Å². The molecule has 1 nitrogen and oxygen atoms in total. The van der Waals surface area contributed by atoms with Crippen molar-refractivity contribution in [2.24, 2.45) is 0 Å². The first-order valence-electron chi connectivity index (χ1n) is 9.01. The first-order valence-corrected chi connectivity index (χ1v) is 10.8. The van der Waals surface area contributed by atoms with Gasteiger partial charge in [0, 0.05) is 38.8 Å². The van der Waals surface area contributed by atoms with E-state index in [1.54, 1.807) is 23.9 Å². The van der Waals surface area contributed by atoms with Crippen LogP contribution in [0.4, 0.5) is 13.2 Å². The maximum Gasteiger partial charge on any atom is 0.416 e. The second kappa shape index (κ2) is 8.28. The highest BCUT2D eigenvalue weighted by atomic mass is 79.9. The van der Waals surface area contributed by atoms with Gasteiger partial charge in [-0.2, -0.15) is 13.2 Å². The summed E-state index contributed by atoms with van der Waals surface area (Å²) in [5.41, 5.74) is 2.60. The van der Waals surface area contributed by atoms with E-state index in [1.165, 1.54) is 5.56 Å². The van der Waals surface area contributed by atoms with Crippen molar-refractivity contribution < 1.29 is 13.2 Å². The molecule has 0 aliphatic heterocycles. The minimum Gasteiger partial charge on any atom is -0.342 e. The lowest BCUT2D eigenvalue weighted by Gasteiger charge is -2.07. The van der Waals surface area contributed by atoms with Crippen LogP contribution in [-0.2, 0) is 18.5 Å². The number of para-hydroxylation sites is 1. The van der Waals surface area contributed by atoms with Crippen LogP contribution >= 0.6 is 27.7 Å². The Morgan fingerprint density at radius 2 is 1.48 bits per heavy atom. The van der Waals surface area contributed by atoms with Crippen molar-refractivity contribution in [2.45, 2.75) is 23.4 Å². The van der Waals surface area contributed by atoms with Gasteiger partial charge in [0.05, 0.1) is 5.56 Å². The van der Waals surface area contributed by atoms with E-state index in [9.17, 15) is 13.2 Å². The molecule has 0 aliphatic carbocycles. The maximum absolute atomic E-state index is 12.7. The van der Waals surface area contributed by atoms with Gasteiger partial charge in [-0.3, -0.25) is 0 Å². The van der Waals surface area contributed by atoms with E-state index in [0.717, 1.165) is 44.5 Å². The van der Waals surface area contributed by atoms with Crippen molar-refractivity contribution in [3.05, 3.63) is 100 Å². The summed E-state index contributed by atoms with van der Waals surface area (Å²) in [7, 11) is 0. The molecule has 0 N–H and O–H groups in total.